The van der Waals surface area contributed by atoms with E-state index in [0.717, 1.165) is 10.0 Å². The number of nitrogens with zero attached hydrogens (tertiary/aromatic N) is 1. The highest BCUT2D eigenvalue weighted by molar-refractivity contribution is 9.10. The van der Waals surface area contributed by atoms with Gasteiger partial charge >= 0.3 is 0 Å². The first kappa shape index (κ1) is 9.71. The molecular weight excluding hydrogens is 241 g/mol. The van der Waals surface area contributed by atoms with E-state index in [1.54, 1.807) is 0 Å². The van der Waals surface area contributed by atoms with E-state index in [9.17, 15) is 0 Å². The Bertz CT molecular complexity index is 284. The lowest BCUT2D eigenvalue weighted by atomic mass is 10.2. The van der Waals surface area contributed by atoms with E-state index >= 15 is 0 Å². The highest BCUT2D eigenvalue weighted by Gasteiger charge is 1.97. The van der Waals surface area contributed by atoms with Gasteiger partial charge in [-0.2, -0.15) is 0 Å². The lowest BCUT2D eigenvalue weighted by Gasteiger charge is -1.96. The van der Waals surface area contributed by atoms with Crippen molar-refractivity contribution in [1.29, 1.82) is 0 Å². The number of hydrogen-bond acceptors (Lipinski definition) is 2. The molecule has 1 aromatic rings. The van der Waals surface area contributed by atoms with Crippen molar-refractivity contribution in [1.82, 2.24) is 0 Å². The summed E-state index contributed by atoms with van der Waals surface area (Å²) < 4.78 is 0.986. The van der Waals surface area contributed by atoms with Crippen LogP contribution in [0.25, 0.3) is 0 Å². The predicted molar refractivity (Wildman–Crippen MR) is 53.6 cm³/mol. The maximum absolute atomic E-state index is 8.47. The summed E-state index contributed by atoms with van der Waals surface area (Å²) in [5.74, 6) is 0. The Morgan fingerprint density at radius 3 is 2.50 bits per heavy atom. The average molecular weight is 249 g/mol. The van der Waals surface area contributed by atoms with Gasteiger partial charge in [0.1, 0.15) is 11.9 Å². The van der Waals surface area contributed by atoms with Gasteiger partial charge in [-0.3, -0.25) is 0 Å². The average Bonchev–Trinajstić information content (AvgIpc) is 2.06. The van der Waals surface area contributed by atoms with Crippen LogP contribution in [0.3, 0.4) is 0 Å². The van der Waals surface area contributed by atoms with E-state index in [2.05, 4.69) is 20.9 Å². The molecule has 0 aliphatic carbocycles. The number of aliphatic hydroxyl groups is 1. The summed E-state index contributed by atoms with van der Waals surface area (Å²) in [6, 6.07) is 7.38. The molecule has 1 aromatic carbocycles. The summed E-state index contributed by atoms with van der Waals surface area (Å²) >= 11 is 9.03. The van der Waals surface area contributed by atoms with Crippen molar-refractivity contribution in [3.8, 4) is 0 Å². The number of halogens is 2. The lowest BCUT2D eigenvalue weighted by Crippen LogP contribution is -1.91. The summed E-state index contributed by atoms with van der Waals surface area (Å²) in [6.07, 6.45) is 0. The van der Waals surface area contributed by atoms with E-state index in [1.807, 2.05) is 24.3 Å². The zero-order valence-corrected chi connectivity index (χ0v) is 8.51. The standard InChI is InChI=1S/C8H7BrClNO/c9-7-3-1-6(2-4-7)8(10)11-5-12/h1-4,12H,5H2. The highest BCUT2D eigenvalue weighted by Crippen LogP contribution is 2.12. The van der Waals surface area contributed by atoms with Crippen molar-refractivity contribution in [2.75, 3.05) is 6.73 Å². The molecule has 2 nitrogen and oxygen atoms in total. The fraction of sp³-hybridized carbons (Fsp3) is 0.125. The Morgan fingerprint density at radius 1 is 1.42 bits per heavy atom. The smallest absolute Gasteiger partial charge is 0.136 e. The van der Waals surface area contributed by atoms with Crippen LogP contribution >= 0.6 is 27.5 Å². The number of aliphatic hydroxyl groups excluding tert-OH is 1. The molecule has 0 saturated heterocycles. The molecule has 1 N–H and O–H groups in total. The second-order valence-electron chi connectivity index (χ2n) is 2.10. The van der Waals surface area contributed by atoms with Gasteiger partial charge in [-0.1, -0.05) is 39.7 Å². The van der Waals surface area contributed by atoms with Gasteiger partial charge in [-0.25, -0.2) is 4.99 Å². The molecule has 0 unspecified atom stereocenters. The third-order valence-electron chi connectivity index (χ3n) is 1.29. The van der Waals surface area contributed by atoms with Gasteiger partial charge in [0, 0.05) is 10.0 Å². The van der Waals surface area contributed by atoms with Crippen molar-refractivity contribution >= 4 is 32.7 Å². The molecule has 0 aromatic heterocycles. The minimum atomic E-state index is -0.283. The second-order valence-corrected chi connectivity index (χ2v) is 3.37. The Kier molecular flexibility index (Phi) is 3.72. The summed E-state index contributed by atoms with van der Waals surface area (Å²) in [5, 5.41) is 8.80. The lowest BCUT2D eigenvalue weighted by molar-refractivity contribution is 0.310. The Morgan fingerprint density at radius 2 is 2.00 bits per heavy atom. The third-order valence-corrected chi connectivity index (χ3v) is 2.16. The molecule has 0 amide bonds. The Balaban J connectivity index is 2.89. The van der Waals surface area contributed by atoms with Gasteiger partial charge in [0.05, 0.1) is 0 Å². The van der Waals surface area contributed by atoms with Gasteiger partial charge in [0.2, 0.25) is 0 Å². The Hall–Kier alpha value is -0.380. The van der Waals surface area contributed by atoms with E-state index in [4.69, 9.17) is 16.7 Å². The molecule has 0 aliphatic rings. The maximum atomic E-state index is 8.47. The van der Waals surface area contributed by atoms with Gasteiger partial charge in [-0.05, 0) is 12.1 Å². The highest BCUT2D eigenvalue weighted by atomic mass is 79.9. The first-order valence-electron chi connectivity index (χ1n) is 3.31. The largest absolute Gasteiger partial charge is 0.374 e. The molecule has 0 heterocycles. The van der Waals surface area contributed by atoms with Crippen LogP contribution in [0.5, 0.6) is 0 Å². The van der Waals surface area contributed by atoms with Crippen molar-refractivity contribution in [3.63, 3.8) is 0 Å². The molecular formula is C8H7BrClNO. The summed E-state index contributed by atoms with van der Waals surface area (Å²) in [6.45, 7) is -0.283. The van der Waals surface area contributed by atoms with Crippen molar-refractivity contribution in [2.45, 2.75) is 0 Å². The minimum Gasteiger partial charge on any atom is -0.374 e. The molecule has 0 saturated carbocycles. The Labute approximate surface area is 84.0 Å². The number of rotatable bonds is 2. The second kappa shape index (κ2) is 4.60. The molecule has 1 rings (SSSR count). The number of benzene rings is 1. The van der Waals surface area contributed by atoms with Crippen LogP contribution in [-0.4, -0.2) is 17.0 Å². The quantitative estimate of drug-likeness (QED) is 0.801. The van der Waals surface area contributed by atoms with Crippen molar-refractivity contribution in [2.24, 2.45) is 4.99 Å². The minimum absolute atomic E-state index is 0.283. The van der Waals surface area contributed by atoms with Crippen molar-refractivity contribution < 1.29 is 5.11 Å². The van der Waals surface area contributed by atoms with Gasteiger partial charge in [0.25, 0.3) is 0 Å². The van der Waals surface area contributed by atoms with Crippen LogP contribution < -0.4 is 0 Å². The van der Waals surface area contributed by atoms with Crippen LogP contribution in [0.1, 0.15) is 5.56 Å². The number of aliphatic imine (C=N–C) groups is 1. The summed E-state index contributed by atoms with van der Waals surface area (Å²) in [4.78, 5) is 3.65. The topological polar surface area (TPSA) is 32.6 Å². The van der Waals surface area contributed by atoms with Gasteiger partial charge < -0.3 is 5.11 Å². The van der Waals surface area contributed by atoms with E-state index in [1.165, 1.54) is 0 Å². The third kappa shape index (κ3) is 2.59. The first-order valence-corrected chi connectivity index (χ1v) is 4.48. The van der Waals surface area contributed by atoms with Crippen molar-refractivity contribution in [3.05, 3.63) is 34.3 Å². The molecule has 64 valence electrons. The predicted octanol–water partition coefficient (Wildman–Crippen LogP) is 2.38. The molecule has 0 fully saturated rings. The van der Waals surface area contributed by atoms with E-state index in [-0.39, 0.29) is 6.73 Å². The zero-order valence-electron chi connectivity index (χ0n) is 6.17. The molecule has 0 atom stereocenters. The summed E-state index contributed by atoms with van der Waals surface area (Å²) in [5.41, 5.74) is 0.800. The molecule has 0 bridgehead atoms. The normalized spacial score (nSPS) is 11.8. The first-order chi connectivity index (χ1) is 5.74. The molecule has 0 aliphatic heterocycles. The monoisotopic (exact) mass is 247 g/mol. The fourth-order valence-electron chi connectivity index (χ4n) is 0.741. The maximum Gasteiger partial charge on any atom is 0.136 e. The van der Waals surface area contributed by atoms with Crippen LogP contribution in [0.4, 0.5) is 0 Å². The van der Waals surface area contributed by atoms with Crippen LogP contribution in [0.2, 0.25) is 0 Å². The van der Waals surface area contributed by atoms with Crippen LogP contribution in [0.15, 0.2) is 33.7 Å². The zero-order chi connectivity index (χ0) is 8.97. The van der Waals surface area contributed by atoms with E-state index < -0.39 is 0 Å². The number of hydrogen-bond donors (Lipinski definition) is 1. The van der Waals surface area contributed by atoms with Crippen LogP contribution in [0, 0.1) is 0 Å². The molecule has 0 radical (unpaired) electrons. The molecule has 12 heavy (non-hydrogen) atoms. The van der Waals surface area contributed by atoms with Gasteiger partial charge in [0.15, 0.2) is 0 Å². The van der Waals surface area contributed by atoms with Crippen LogP contribution in [-0.2, 0) is 0 Å². The van der Waals surface area contributed by atoms with Gasteiger partial charge in [-0.15, -0.1) is 0 Å². The SMILES string of the molecule is OCN=C(Cl)c1ccc(Br)cc1. The van der Waals surface area contributed by atoms with E-state index in [0.29, 0.717) is 5.17 Å². The molecule has 0 spiro atoms. The summed E-state index contributed by atoms with van der Waals surface area (Å²) in [7, 11) is 0. The fourth-order valence-corrected chi connectivity index (χ4v) is 1.18. The molecule has 4 heteroatoms.